The molecule has 1 aromatic carbocycles. The number of methoxy groups -OCH3 is 1. The molecule has 0 saturated carbocycles. The van der Waals surface area contributed by atoms with Gasteiger partial charge < -0.3 is 10.5 Å². The van der Waals surface area contributed by atoms with Crippen molar-refractivity contribution < 1.29 is 9.53 Å². The van der Waals surface area contributed by atoms with Crippen LogP contribution in [0.5, 0.6) is 5.75 Å². The van der Waals surface area contributed by atoms with E-state index in [2.05, 4.69) is 0 Å². The first-order valence-corrected chi connectivity index (χ1v) is 3.65. The second kappa shape index (κ2) is 3.45. The molecule has 0 saturated heterocycles. The third-order valence-corrected chi connectivity index (χ3v) is 1.80. The summed E-state index contributed by atoms with van der Waals surface area (Å²) in [5, 5.41) is 0.336. The summed E-state index contributed by atoms with van der Waals surface area (Å²) in [5.41, 5.74) is 6.33. The van der Waals surface area contributed by atoms with E-state index in [9.17, 15) is 4.79 Å². The van der Waals surface area contributed by atoms with Crippen LogP contribution in [0.2, 0.25) is 5.02 Å². The molecule has 0 radical (unpaired) electrons. The Bertz CT molecular complexity index is 312. The first-order chi connectivity index (χ1) is 5.69. The fourth-order valence-corrected chi connectivity index (χ4v) is 1.07. The van der Waals surface area contributed by atoms with Gasteiger partial charge in [-0.15, -0.1) is 0 Å². The number of ether oxygens (including phenoxy) is 1. The number of rotatable bonds is 2. The van der Waals surface area contributed by atoms with E-state index in [1.54, 1.807) is 0 Å². The summed E-state index contributed by atoms with van der Waals surface area (Å²) in [7, 11) is 1.48. The van der Waals surface area contributed by atoms with Gasteiger partial charge >= 0.3 is 0 Å². The van der Waals surface area contributed by atoms with Crippen molar-refractivity contribution in [3.8, 4) is 5.75 Å². The van der Waals surface area contributed by atoms with Gasteiger partial charge in [-0.25, -0.2) is 0 Å². The van der Waals surface area contributed by atoms with Gasteiger partial charge in [0.2, 0.25) is 0 Å². The smallest absolute Gasteiger partial charge is 0.151 e. The fourth-order valence-electron chi connectivity index (χ4n) is 0.852. The molecule has 0 bridgehead atoms. The van der Waals surface area contributed by atoms with E-state index in [0.717, 1.165) is 0 Å². The molecule has 4 heteroatoms. The molecule has 1 rings (SSSR count). The van der Waals surface area contributed by atoms with Crippen molar-refractivity contribution in [1.29, 1.82) is 0 Å². The van der Waals surface area contributed by atoms with Crippen LogP contribution in [-0.2, 0) is 0 Å². The Morgan fingerprint density at radius 2 is 2.25 bits per heavy atom. The van der Waals surface area contributed by atoms with Crippen molar-refractivity contribution in [2.24, 2.45) is 0 Å². The van der Waals surface area contributed by atoms with Gasteiger partial charge in [-0.3, -0.25) is 4.79 Å². The number of nitrogens with two attached hydrogens (primary N) is 1. The van der Waals surface area contributed by atoms with Crippen LogP contribution in [0.1, 0.15) is 10.4 Å². The molecule has 0 aliphatic heterocycles. The number of halogens is 1. The molecule has 0 aliphatic carbocycles. The van der Waals surface area contributed by atoms with E-state index >= 15 is 0 Å². The normalized spacial score (nSPS) is 9.50. The number of anilines is 1. The quantitative estimate of drug-likeness (QED) is 0.564. The van der Waals surface area contributed by atoms with Gasteiger partial charge in [-0.05, 0) is 12.1 Å². The molecule has 0 amide bonds. The third-order valence-electron chi connectivity index (χ3n) is 1.48. The van der Waals surface area contributed by atoms with Gasteiger partial charge in [0.1, 0.15) is 5.75 Å². The van der Waals surface area contributed by atoms with Crippen molar-refractivity contribution in [2.75, 3.05) is 12.8 Å². The first kappa shape index (κ1) is 8.87. The Hall–Kier alpha value is -1.22. The average molecular weight is 186 g/mol. The minimum atomic E-state index is 0.336. The van der Waals surface area contributed by atoms with Crippen LogP contribution in [0.15, 0.2) is 12.1 Å². The predicted molar refractivity (Wildman–Crippen MR) is 47.8 cm³/mol. The number of hydrogen-bond donors (Lipinski definition) is 1. The number of carbonyl (C=O) groups excluding carboxylic acids is 1. The molecule has 2 N–H and O–H groups in total. The average Bonchev–Trinajstić information content (AvgIpc) is 2.05. The van der Waals surface area contributed by atoms with E-state index in [1.807, 2.05) is 0 Å². The van der Waals surface area contributed by atoms with Crippen molar-refractivity contribution in [3.63, 3.8) is 0 Å². The molecule has 1 aromatic rings. The van der Waals surface area contributed by atoms with Gasteiger partial charge in [0.15, 0.2) is 6.29 Å². The van der Waals surface area contributed by atoms with Crippen LogP contribution in [0.25, 0.3) is 0 Å². The Morgan fingerprint density at radius 3 is 2.75 bits per heavy atom. The summed E-state index contributed by atoms with van der Waals surface area (Å²) in [6.45, 7) is 0. The summed E-state index contributed by atoms with van der Waals surface area (Å²) in [6, 6.07) is 2.99. The number of benzene rings is 1. The zero-order valence-electron chi connectivity index (χ0n) is 6.50. The number of nitrogen functional groups attached to an aromatic ring is 1. The second-order valence-electron chi connectivity index (χ2n) is 2.23. The molecular formula is C8H8ClNO2. The van der Waals surface area contributed by atoms with E-state index in [0.29, 0.717) is 28.3 Å². The molecule has 0 aromatic heterocycles. The molecule has 0 heterocycles. The summed E-state index contributed by atoms with van der Waals surface area (Å²) >= 11 is 5.69. The highest BCUT2D eigenvalue weighted by Crippen LogP contribution is 2.27. The van der Waals surface area contributed by atoms with Gasteiger partial charge in [-0.1, -0.05) is 11.6 Å². The Balaban J connectivity index is 3.26. The molecule has 0 unspecified atom stereocenters. The standard InChI is InChI=1S/C8H8ClNO2/c1-12-8-2-5(4-11)6(9)3-7(8)10/h2-4H,10H2,1H3. The highest BCUT2D eigenvalue weighted by atomic mass is 35.5. The minimum absolute atomic E-state index is 0.336. The lowest BCUT2D eigenvalue weighted by atomic mass is 10.2. The van der Waals surface area contributed by atoms with Crippen molar-refractivity contribution in [3.05, 3.63) is 22.7 Å². The summed E-state index contributed by atoms with van der Waals surface area (Å²) in [5.74, 6) is 0.460. The fraction of sp³-hybridized carbons (Fsp3) is 0.125. The Morgan fingerprint density at radius 1 is 1.58 bits per heavy atom. The van der Waals surface area contributed by atoms with Gasteiger partial charge in [0.05, 0.1) is 17.8 Å². The van der Waals surface area contributed by atoms with Crippen molar-refractivity contribution in [2.45, 2.75) is 0 Å². The van der Waals surface area contributed by atoms with Gasteiger partial charge in [-0.2, -0.15) is 0 Å². The van der Waals surface area contributed by atoms with E-state index < -0.39 is 0 Å². The molecule has 0 spiro atoms. The number of carbonyl (C=O) groups is 1. The van der Waals surface area contributed by atoms with Crippen LogP contribution in [0.4, 0.5) is 5.69 Å². The van der Waals surface area contributed by atoms with Crippen LogP contribution < -0.4 is 10.5 Å². The first-order valence-electron chi connectivity index (χ1n) is 3.27. The molecule has 3 nitrogen and oxygen atoms in total. The minimum Gasteiger partial charge on any atom is -0.495 e. The molecule has 0 fully saturated rings. The topological polar surface area (TPSA) is 52.3 Å². The third kappa shape index (κ3) is 1.51. The Kier molecular flexibility index (Phi) is 2.55. The molecule has 0 atom stereocenters. The van der Waals surface area contributed by atoms with Crippen molar-refractivity contribution >= 4 is 23.6 Å². The van der Waals surface area contributed by atoms with Crippen LogP contribution in [-0.4, -0.2) is 13.4 Å². The lowest BCUT2D eigenvalue weighted by molar-refractivity contribution is 0.112. The lowest BCUT2D eigenvalue weighted by Crippen LogP contribution is -1.94. The molecule has 0 aliphatic rings. The SMILES string of the molecule is COc1cc(C=O)c(Cl)cc1N. The largest absolute Gasteiger partial charge is 0.495 e. The maximum atomic E-state index is 10.4. The zero-order chi connectivity index (χ0) is 9.14. The van der Waals surface area contributed by atoms with Crippen molar-refractivity contribution in [1.82, 2.24) is 0 Å². The number of aldehydes is 1. The van der Waals surface area contributed by atoms with Gasteiger partial charge in [0, 0.05) is 5.56 Å². The number of hydrogen-bond acceptors (Lipinski definition) is 3. The van der Waals surface area contributed by atoms with Gasteiger partial charge in [0.25, 0.3) is 0 Å². The predicted octanol–water partition coefficient (Wildman–Crippen LogP) is 1.74. The van der Waals surface area contributed by atoms with E-state index in [4.69, 9.17) is 22.1 Å². The molecule has 12 heavy (non-hydrogen) atoms. The summed E-state index contributed by atoms with van der Waals surface area (Å²) in [6.07, 6.45) is 0.657. The van der Waals surface area contributed by atoms with E-state index in [-0.39, 0.29) is 0 Å². The molecule has 64 valence electrons. The monoisotopic (exact) mass is 185 g/mol. The van der Waals surface area contributed by atoms with Crippen LogP contribution in [0.3, 0.4) is 0 Å². The Labute approximate surface area is 75.1 Å². The lowest BCUT2D eigenvalue weighted by Gasteiger charge is -2.05. The second-order valence-corrected chi connectivity index (χ2v) is 2.64. The van der Waals surface area contributed by atoms with Crippen LogP contribution in [0, 0.1) is 0 Å². The summed E-state index contributed by atoms with van der Waals surface area (Å²) < 4.78 is 4.90. The van der Waals surface area contributed by atoms with E-state index in [1.165, 1.54) is 19.2 Å². The summed E-state index contributed by atoms with van der Waals surface area (Å²) in [4.78, 5) is 10.4. The zero-order valence-corrected chi connectivity index (χ0v) is 7.26. The maximum Gasteiger partial charge on any atom is 0.151 e. The molecular weight excluding hydrogens is 178 g/mol. The highest BCUT2D eigenvalue weighted by molar-refractivity contribution is 6.33. The van der Waals surface area contributed by atoms with Crippen LogP contribution >= 0.6 is 11.6 Å². The highest BCUT2D eigenvalue weighted by Gasteiger charge is 2.05. The maximum absolute atomic E-state index is 10.4.